The first-order chi connectivity index (χ1) is 12.2. The third kappa shape index (κ3) is 3.58. The van der Waals surface area contributed by atoms with Crippen molar-refractivity contribution in [3.63, 3.8) is 0 Å². The number of fused-ring (bicyclic) bond motifs is 1. The first kappa shape index (κ1) is 16.3. The van der Waals surface area contributed by atoms with Crippen LogP contribution in [0.1, 0.15) is 36.8 Å². The lowest BCUT2D eigenvalue weighted by atomic mass is 10.2. The Hall–Kier alpha value is -2.21. The summed E-state index contributed by atoms with van der Waals surface area (Å²) in [5.41, 5.74) is 1.84. The van der Waals surface area contributed by atoms with Crippen molar-refractivity contribution in [2.24, 2.45) is 0 Å². The zero-order chi connectivity index (χ0) is 17.2. The summed E-state index contributed by atoms with van der Waals surface area (Å²) < 4.78 is 7.88. The fourth-order valence-electron chi connectivity index (χ4n) is 3.79. The lowest BCUT2D eigenvalue weighted by Crippen LogP contribution is -2.34. The van der Waals surface area contributed by atoms with Crippen LogP contribution in [0.5, 0.6) is 0 Å². The monoisotopic (exact) mass is 339 g/mol. The molecule has 6 nitrogen and oxygen atoms in total. The highest BCUT2D eigenvalue weighted by Crippen LogP contribution is 2.21. The SMILES string of the molecule is Cc1nc(C)n(C[C@@H]2CCCN2CCCc2nc3ccccc3o2)n1. The second-order valence-electron chi connectivity index (χ2n) is 6.90. The number of oxazole rings is 1. The minimum atomic E-state index is 0.559. The van der Waals surface area contributed by atoms with Crippen LogP contribution in [-0.2, 0) is 13.0 Å². The van der Waals surface area contributed by atoms with Crippen molar-refractivity contribution in [2.45, 2.75) is 52.1 Å². The Morgan fingerprint density at radius 3 is 2.88 bits per heavy atom. The fourth-order valence-corrected chi connectivity index (χ4v) is 3.79. The number of hydrogen-bond donors (Lipinski definition) is 0. The van der Waals surface area contributed by atoms with E-state index in [4.69, 9.17) is 4.42 Å². The van der Waals surface area contributed by atoms with Crippen LogP contribution in [0, 0.1) is 13.8 Å². The second kappa shape index (κ2) is 6.96. The van der Waals surface area contributed by atoms with E-state index in [0.717, 1.165) is 54.6 Å². The van der Waals surface area contributed by atoms with Gasteiger partial charge < -0.3 is 4.42 Å². The molecule has 0 radical (unpaired) electrons. The van der Waals surface area contributed by atoms with Gasteiger partial charge in [0.15, 0.2) is 11.5 Å². The minimum absolute atomic E-state index is 0.559. The number of hydrogen-bond acceptors (Lipinski definition) is 5. The number of likely N-dealkylation sites (tertiary alicyclic amines) is 1. The maximum Gasteiger partial charge on any atom is 0.195 e. The summed E-state index contributed by atoms with van der Waals surface area (Å²) in [4.78, 5) is 11.6. The average Bonchev–Trinajstić information content (AvgIpc) is 3.27. The molecule has 3 heterocycles. The molecule has 0 saturated carbocycles. The lowest BCUT2D eigenvalue weighted by Gasteiger charge is -2.24. The molecule has 2 aromatic heterocycles. The molecule has 0 bridgehead atoms. The predicted octanol–water partition coefficient (Wildman–Crippen LogP) is 3.13. The van der Waals surface area contributed by atoms with Gasteiger partial charge in [-0.1, -0.05) is 12.1 Å². The molecule has 0 amide bonds. The molecule has 1 aromatic carbocycles. The van der Waals surface area contributed by atoms with Gasteiger partial charge in [0.1, 0.15) is 17.2 Å². The summed E-state index contributed by atoms with van der Waals surface area (Å²) in [6, 6.07) is 8.52. The van der Waals surface area contributed by atoms with Crippen molar-refractivity contribution in [3.8, 4) is 0 Å². The molecule has 4 rings (SSSR count). The largest absolute Gasteiger partial charge is 0.441 e. The van der Waals surface area contributed by atoms with Crippen molar-refractivity contribution in [1.29, 1.82) is 0 Å². The topological polar surface area (TPSA) is 60.0 Å². The third-order valence-electron chi connectivity index (χ3n) is 5.02. The second-order valence-corrected chi connectivity index (χ2v) is 6.90. The van der Waals surface area contributed by atoms with Gasteiger partial charge in [-0.25, -0.2) is 14.6 Å². The highest BCUT2D eigenvalue weighted by molar-refractivity contribution is 5.72. The van der Waals surface area contributed by atoms with Crippen molar-refractivity contribution in [2.75, 3.05) is 13.1 Å². The van der Waals surface area contributed by atoms with Crippen LogP contribution in [0.3, 0.4) is 0 Å². The number of nitrogens with zero attached hydrogens (tertiary/aromatic N) is 5. The van der Waals surface area contributed by atoms with Crippen LogP contribution in [0.4, 0.5) is 0 Å². The number of aromatic nitrogens is 4. The number of aryl methyl sites for hydroxylation is 3. The van der Waals surface area contributed by atoms with Crippen molar-refractivity contribution < 1.29 is 4.42 Å². The predicted molar refractivity (Wildman–Crippen MR) is 96.4 cm³/mol. The summed E-state index contributed by atoms with van der Waals surface area (Å²) in [6.45, 7) is 7.18. The Balaban J connectivity index is 1.33. The van der Waals surface area contributed by atoms with E-state index in [2.05, 4.69) is 24.6 Å². The van der Waals surface area contributed by atoms with Gasteiger partial charge in [-0.15, -0.1) is 0 Å². The lowest BCUT2D eigenvalue weighted by molar-refractivity contribution is 0.222. The van der Waals surface area contributed by atoms with Crippen LogP contribution in [0.25, 0.3) is 11.1 Å². The van der Waals surface area contributed by atoms with E-state index in [0.29, 0.717) is 6.04 Å². The minimum Gasteiger partial charge on any atom is -0.441 e. The quantitative estimate of drug-likeness (QED) is 0.690. The Labute approximate surface area is 147 Å². The zero-order valence-corrected chi connectivity index (χ0v) is 15.0. The number of rotatable bonds is 6. The van der Waals surface area contributed by atoms with Crippen LogP contribution in [-0.4, -0.2) is 43.8 Å². The van der Waals surface area contributed by atoms with E-state index < -0.39 is 0 Å². The maximum atomic E-state index is 5.82. The maximum absolute atomic E-state index is 5.82. The average molecular weight is 339 g/mol. The van der Waals surface area contributed by atoms with Crippen LogP contribution in [0.2, 0.25) is 0 Å². The van der Waals surface area contributed by atoms with Crippen LogP contribution in [0.15, 0.2) is 28.7 Å². The zero-order valence-electron chi connectivity index (χ0n) is 15.0. The Kier molecular flexibility index (Phi) is 4.53. The fraction of sp³-hybridized carbons (Fsp3) is 0.526. The molecular weight excluding hydrogens is 314 g/mol. The van der Waals surface area contributed by atoms with Crippen molar-refractivity contribution in [1.82, 2.24) is 24.6 Å². The van der Waals surface area contributed by atoms with E-state index in [-0.39, 0.29) is 0 Å². The standard InChI is InChI=1S/C19H25N5O/c1-14-20-15(2)24(22-14)13-16-7-5-11-23(16)12-6-10-19-21-17-8-3-4-9-18(17)25-19/h3-4,8-9,16H,5-7,10-13H2,1-2H3/t16-/m0/s1. The summed E-state index contributed by atoms with van der Waals surface area (Å²) in [6.07, 6.45) is 4.46. The van der Waals surface area contributed by atoms with Gasteiger partial charge in [-0.2, -0.15) is 5.10 Å². The Morgan fingerprint density at radius 1 is 1.20 bits per heavy atom. The van der Waals surface area contributed by atoms with Crippen molar-refractivity contribution >= 4 is 11.1 Å². The Morgan fingerprint density at radius 2 is 2.08 bits per heavy atom. The van der Waals surface area contributed by atoms with Crippen molar-refractivity contribution in [3.05, 3.63) is 41.8 Å². The molecule has 3 aromatic rings. The number of para-hydroxylation sites is 2. The summed E-state index contributed by atoms with van der Waals surface area (Å²) in [5, 5.41) is 4.51. The van der Waals surface area contributed by atoms with E-state index in [1.807, 2.05) is 38.1 Å². The van der Waals surface area contributed by atoms with Gasteiger partial charge in [-0.3, -0.25) is 4.90 Å². The van der Waals surface area contributed by atoms with Gasteiger partial charge in [0.05, 0.1) is 6.54 Å². The van der Waals surface area contributed by atoms with Gasteiger partial charge in [-0.05, 0) is 58.3 Å². The normalized spacial score (nSPS) is 18.4. The molecule has 132 valence electrons. The van der Waals surface area contributed by atoms with Gasteiger partial charge in [0.2, 0.25) is 0 Å². The van der Waals surface area contributed by atoms with E-state index in [1.165, 1.54) is 19.4 Å². The summed E-state index contributed by atoms with van der Waals surface area (Å²) in [7, 11) is 0. The van der Waals surface area contributed by atoms with E-state index in [1.54, 1.807) is 0 Å². The molecular formula is C19H25N5O. The van der Waals surface area contributed by atoms with Gasteiger partial charge in [0, 0.05) is 12.5 Å². The number of benzene rings is 1. The molecule has 6 heteroatoms. The molecule has 1 aliphatic heterocycles. The molecule has 1 atom stereocenters. The van der Waals surface area contributed by atoms with E-state index >= 15 is 0 Å². The first-order valence-corrected chi connectivity index (χ1v) is 9.15. The molecule has 1 saturated heterocycles. The smallest absolute Gasteiger partial charge is 0.195 e. The van der Waals surface area contributed by atoms with Gasteiger partial charge in [0.25, 0.3) is 0 Å². The molecule has 1 fully saturated rings. The summed E-state index contributed by atoms with van der Waals surface area (Å²) in [5.74, 6) is 2.72. The first-order valence-electron chi connectivity index (χ1n) is 9.15. The molecule has 0 spiro atoms. The van der Waals surface area contributed by atoms with Crippen LogP contribution < -0.4 is 0 Å². The molecule has 1 aliphatic rings. The molecule has 0 aliphatic carbocycles. The molecule has 0 N–H and O–H groups in total. The molecule has 25 heavy (non-hydrogen) atoms. The van der Waals surface area contributed by atoms with Crippen LogP contribution >= 0.6 is 0 Å². The highest BCUT2D eigenvalue weighted by Gasteiger charge is 2.25. The van der Waals surface area contributed by atoms with Gasteiger partial charge >= 0.3 is 0 Å². The third-order valence-corrected chi connectivity index (χ3v) is 5.02. The Bertz CT molecular complexity index is 819. The highest BCUT2D eigenvalue weighted by atomic mass is 16.3. The van der Waals surface area contributed by atoms with E-state index in [9.17, 15) is 0 Å². The molecule has 0 unspecified atom stereocenters. The summed E-state index contributed by atoms with van der Waals surface area (Å²) >= 11 is 0.